The molecule has 18 heavy (non-hydrogen) atoms. The first-order valence-electron chi connectivity index (χ1n) is 5.50. The Morgan fingerprint density at radius 2 is 2.06 bits per heavy atom. The summed E-state index contributed by atoms with van der Waals surface area (Å²) in [4.78, 5) is 1.94. The number of hydrogen-bond donors (Lipinski definition) is 2. The highest BCUT2D eigenvalue weighted by Gasteiger charge is 2.26. The largest absolute Gasteiger partial charge is 0.384 e. The molecule has 7 nitrogen and oxygen atoms in total. The molecular weight excluding hydrogens is 256 g/mol. The van der Waals surface area contributed by atoms with Gasteiger partial charge in [-0.3, -0.25) is 4.68 Å². The second-order valence-electron chi connectivity index (χ2n) is 5.00. The number of nitrogens with zero attached hydrogens (tertiary/aromatic N) is 3. The van der Waals surface area contributed by atoms with E-state index in [2.05, 4.69) is 5.10 Å². The number of sulfonamides is 1. The molecule has 0 fully saturated rings. The van der Waals surface area contributed by atoms with Crippen LogP contribution in [0.3, 0.4) is 0 Å². The lowest BCUT2D eigenvalue weighted by atomic mass is 10.1. The second kappa shape index (κ2) is 4.96. The van der Waals surface area contributed by atoms with Gasteiger partial charge in [0.25, 0.3) is 10.0 Å². The van der Waals surface area contributed by atoms with Crippen LogP contribution in [0.5, 0.6) is 0 Å². The second-order valence-corrected chi connectivity index (χ2v) is 6.51. The van der Waals surface area contributed by atoms with Crippen LogP contribution < -0.4 is 5.14 Å². The van der Waals surface area contributed by atoms with Crippen molar-refractivity contribution >= 4 is 10.0 Å². The highest BCUT2D eigenvalue weighted by Crippen LogP contribution is 2.22. The molecular formula is C10H20N4O3S. The molecule has 0 radical (unpaired) electrons. The molecule has 0 aromatic carbocycles. The molecule has 0 aliphatic rings. The molecule has 0 spiro atoms. The van der Waals surface area contributed by atoms with Crippen LogP contribution in [0, 0.1) is 0 Å². The summed E-state index contributed by atoms with van der Waals surface area (Å²) in [5.74, 6) is 0. The average molecular weight is 276 g/mol. The molecule has 0 amide bonds. The fraction of sp³-hybridized carbons (Fsp3) is 0.700. The predicted octanol–water partition coefficient (Wildman–Crippen LogP) is -0.680. The van der Waals surface area contributed by atoms with Crippen LogP contribution in [0.4, 0.5) is 0 Å². The maximum absolute atomic E-state index is 11.3. The van der Waals surface area contributed by atoms with E-state index in [1.54, 1.807) is 13.8 Å². The average Bonchev–Trinajstić information content (AvgIpc) is 2.56. The van der Waals surface area contributed by atoms with Crippen LogP contribution in [-0.4, -0.2) is 48.8 Å². The van der Waals surface area contributed by atoms with Gasteiger partial charge in [-0.1, -0.05) is 0 Å². The lowest BCUT2D eigenvalue weighted by Gasteiger charge is -2.19. The van der Waals surface area contributed by atoms with E-state index in [9.17, 15) is 13.5 Å². The van der Waals surface area contributed by atoms with Gasteiger partial charge in [0.1, 0.15) is 5.60 Å². The zero-order valence-electron chi connectivity index (χ0n) is 11.1. The predicted molar refractivity (Wildman–Crippen MR) is 67.4 cm³/mol. The van der Waals surface area contributed by atoms with Gasteiger partial charge in [0.05, 0.1) is 12.2 Å². The van der Waals surface area contributed by atoms with Crippen molar-refractivity contribution in [3.05, 3.63) is 11.8 Å². The molecule has 1 aromatic heterocycles. The minimum absolute atomic E-state index is 0.224. The molecule has 1 heterocycles. The summed E-state index contributed by atoms with van der Waals surface area (Å²) in [6, 6.07) is 1.31. The first-order valence-corrected chi connectivity index (χ1v) is 7.04. The maximum atomic E-state index is 11.3. The minimum atomic E-state index is -3.86. The molecule has 0 saturated carbocycles. The maximum Gasteiger partial charge on any atom is 0.257 e. The van der Waals surface area contributed by atoms with Gasteiger partial charge >= 0.3 is 0 Å². The zero-order valence-corrected chi connectivity index (χ0v) is 11.9. The summed E-state index contributed by atoms with van der Waals surface area (Å²) in [6.07, 6.45) is 0. The highest BCUT2D eigenvalue weighted by molar-refractivity contribution is 7.89. The molecule has 104 valence electrons. The van der Waals surface area contributed by atoms with Gasteiger partial charge in [-0.05, 0) is 27.9 Å². The molecule has 0 aliphatic carbocycles. The molecule has 3 N–H and O–H groups in total. The van der Waals surface area contributed by atoms with E-state index >= 15 is 0 Å². The Bertz CT molecular complexity index is 514. The lowest BCUT2D eigenvalue weighted by Crippen LogP contribution is -2.25. The van der Waals surface area contributed by atoms with Gasteiger partial charge in [0.15, 0.2) is 5.03 Å². The van der Waals surface area contributed by atoms with Gasteiger partial charge in [-0.15, -0.1) is 0 Å². The Labute approximate surface area is 107 Å². The van der Waals surface area contributed by atoms with Crippen molar-refractivity contribution in [3.8, 4) is 0 Å². The fourth-order valence-electron chi connectivity index (χ4n) is 1.49. The van der Waals surface area contributed by atoms with E-state index in [4.69, 9.17) is 5.14 Å². The highest BCUT2D eigenvalue weighted by atomic mass is 32.2. The molecule has 0 bridgehead atoms. The Morgan fingerprint density at radius 3 is 2.44 bits per heavy atom. The van der Waals surface area contributed by atoms with Crippen LogP contribution in [0.15, 0.2) is 11.1 Å². The third-order valence-electron chi connectivity index (χ3n) is 2.43. The van der Waals surface area contributed by atoms with E-state index in [0.29, 0.717) is 18.8 Å². The summed E-state index contributed by atoms with van der Waals surface area (Å²) in [5.41, 5.74) is -0.754. The summed E-state index contributed by atoms with van der Waals surface area (Å²) in [5, 5.41) is 18.8. The summed E-state index contributed by atoms with van der Waals surface area (Å²) in [6.45, 7) is 4.29. The van der Waals surface area contributed by atoms with E-state index in [1.165, 1.54) is 10.7 Å². The van der Waals surface area contributed by atoms with Crippen molar-refractivity contribution in [1.82, 2.24) is 14.7 Å². The van der Waals surface area contributed by atoms with E-state index in [1.807, 2.05) is 19.0 Å². The van der Waals surface area contributed by atoms with Gasteiger partial charge in [-0.25, -0.2) is 13.6 Å². The van der Waals surface area contributed by atoms with Gasteiger partial charge in [0.2, 0.25) is 0 Å². The smallest absolute Gasteiger partial charge is 0.257 e. The van der Waals surface area contributed by atoms with Crippen molar-refractivity contribution < 1.29 is 13.5 Å². The Kier molecular flexibility index (Phi) is 4.16. The SMILES string of the molecule is CN(C)CCn1nc(S(N)(=O)=O)cc1C(C)(C)O. The Morgan fingerprint density at radius 1 is 1.50 bits per heavy atom. The quantitative estimate of drug-likeness (QED) is 0.742. The number of rotatable bonds is 5. The zero-order chi connectivity index (χ0) is 14.1. The van der Waals surface area contributed by atoms with Crippen LogP contribution in [-0.2, 0) is 22.2 Å². The van der Waals surface area contributed by atoms with Crippen LogP contribution in [0.2, 0.25) is 0 Å². The third-order valence-corrected chi connectivity index (χ3v) is 3.22. The lowest BCUT2D eigenvalue weighted by molar-refractivity contribution is 0.0678. The Hall–Kier alpha value is -0.960. The first-order chi connectivity index (χ1) is 8.01. The van der Waals surface area contributed by atoms with Crippen LogP contribution >= 0.6 is 0 Å². The summed E-state index contributed by atoms with van der Waals surface area (Å²) >= 11 is 0. The molecule has 8 heteroatoms. The summed E-state index contributed by atoms with van der Waals surface area (Å²) in [7, 11) is -0.0666. The number of primary sulfonamides is 1. The number of aromatic nitrogens is 2. The fourth-order valence-corrected chi connectivity index (χ4v) is 1.98. The normalized spacial score (nSPS) is 13.3. The van der Waals surface area contributed by atoms with Crippen LogP contribution in [0.25, 0.3) is 0 Å². The van der Waals surface area contributed by atoms with Crippen molar-refractivity contribution in [1.29, 1.82) is 0 Å². The van der Waals surface area contributed by atoms with Gasteiger partial charge in [-0.2, -0.15) is 5.10 Å². The van der Waals surface area contributed by atoms with Crippen molar-refractivity contribution in [2.24, 2.45) is 5.14 Å². The molecule has 0 atom stereocenters. The summed E-state index contributed by atoms with van der Waals surface area (Å²) < 4.78 is 24.0. The number of likely N-dealkylation sites (N-methyl/N-ethyl adjacent to an activating group) is 1. The molecule has 1 aromatic rings. The standard InChI is InChI=1S/C10H20N4O3S/c1-10(2,15)8-7-9(18(11,16)17)12-14(8)6-5-13(3)4/h7,15H,5-6H2,1-4H3,(H2,11,16,17). The van der Waals surface area contributed by atoms with Crippen LogP contribution in [0.1, 0.15) is 19.5 Å². The number of hydrogen-bond acceptors (Lipinski definition) is 5. The van der Waals surface area contributed by atoms with Gasteiger partial charge in [0, 0.05) is 12.6 Å². The van der Waals surface area contributed by atoms with E-state index in [0.717, 1.165) is 0 Å². The van der Waals surface area contributed by atoms with Crippen molar-refractivity contribution in [2.75, 3.05) is 20.6 Å². The number of aliphatic hydroxyl groups is 1. The molecule has 0 unspecified atom stereocenters. The van der Waals surface area contributed by atoms with E-state index < -0.39 is 15.6 Å². The first kappa shape index (κ1) is 15.1. The number of nitrogens with two attached hydrogens (primary N) is 1. The van der Waals surface area contributed by atoms with Crippen molar-refractivity contribution in [3.63, 3.8) is 0 Å². The molecule has 0 aliphatic heterocycles. The third kappa shape index (κ3) is 3.77. The molecule has 1 rings (SSSR count). The van der Waals surface area contributed by atoms with Gasteiger partial charge < -0.3 is 10.0 Å². The molecule has 0 saturated heterocycles. The minimum Gasteiger partial charge on any atom is -0.384 e. The Balaban J connectivity index is 3.18. The van der Waals surface area contributed by atoms with E-state index in [-0.39, 0.29) is 5.03 Å². The topological polar surface area (TPSA) is 101 Å². The monoisotopic (exact) mass is 276 g/mol. The van der Waals surface area contributed by atoms with Crippen molar-refractivity contribution in [2.45, 2.75) is 31.0 Å².